The van der Waals surface area contributed by atoms with Crippen LogP contribution in [0.5, 0.6) is 0 Å². The maximum atomic E-state index is 5.63. The third kappa shape index (κ3) is 3.80. The largest absolute Gasteiger partial charge is 0.383 e. The topological polar surface area (TPSA) is 55.8 Å². The van der Waals surface area contributed by atoms with Gasteiger partial charge in [0.25, 0.3) is 0 Å². The van der Waals surface area contributed by atoms with E-state index in [4.69, 9.17) is 12.2 Å². The van der Waals surface area contributed by atoms with Crippen molar-refractivity contribution in [3.05, 3.63) is 53.9 Å². The van der Waals surface area contributed by atoms with Gasteiger partial charge in [0, 0.05) is 50.5 Å². The lowest BCUT2D eigenvalue weighted by molar-refractivity contribution is 0.334. The molecule has 28 heavy (non-hydrogen) atoms. The van der Waals surface area contributed by atoms with Crippen LogP contribution in [0.25, 0.3) is 0 Å². The van der Waals surface area contributed by atoms with Crippen LogP contribution < -0.4 is 15.6 Å². The highest BCUT2D eigenvalue weighted by atomic mass is 32.1. The molecule has 0 spiro atoms. The lowest BCUT2D eigenvalue weighted by Crippen LogP contribution is -2.55. The van der Waals surface area contributed by atoms with Crippen molar-refractivity contribution >= 4 is 34.4 Å². The summed E-state index contributed by atoms with van der Waals surface area (Å²) in [6.07, 6.45) is 2.66. The number of nitrogens with one attached hydrogen (secondary N) is 2. The van der Waals surface area contributed by atoms with Crippen LogP contribution in [0.1, 0.15) is 24.6 Å². The van der Waals surface area contributed by atoms with Gasteiger partial charge in [0.15, 0.2) is 5.11 Å². The summed E-state index contributed by atoms with van der Waals surface area (Å²) in [5.74, 6) is 0. The number of benzene rings is 1. The fourth-order valence-corrected chi connectivity index (χ4v) is 4.08. The highest BCUT2D eigenvalue weighted by molar-refractivity contribution is 7.80. The zero-order chi connectivity index (χ0) is 19.5. The van der Waals surface area contributed by atoms with Gasteiger partial charge in [-0.3, -0.25) is 10.4 Å². The summed E-state index contributed by atoms with van der Waals surface area (Å²) < 4.78 is 0. The summed E-state index contributed by atoms with van der Waals surface area (Å²) in [7, 11) is 0. The van der Waals surface area contributed by atoms with Crippen molar-refractivity contribution in [2.24, 2.45) is 5.10 Å². The molecule has 4 rings (SSSR count). The van der Waals surface area contributed by atoms with E-state index in [-0.39, 0.29) is 0 Å². The summed E-state index contributed by atoms with van der Waals surface area (Å²) in [6, 6.07) is 13.0. The highest BCUT2D eigenvalue weighted by Crippen LogP contribution is 2.24. The Labute approximate surface area is 171 Å². The molecular formula is C21H26N6S. The highest BCUT2D eigenvalue weighted by Gasteiger charge is 2.25. The number of thiocarbonyl (C=S) groups is 1. The molecule has 1 fully saturated rings. The van der Waals surface area contributed by atoms with Gasteiger partial charge in [0.1, 0.15) is 5.69 Å². The fraction of sp³-hybridized carbons (Fsp3) is 0.381. The van der Waals surface area contributed by atoms with Crippen LogP contribution in [-0.2, 0) is 0 Å². The van der Waals surface area contributed by atoms with E-state index < -0.39 is 0 Å². The van der Waals surface area contributed by atoms with Crippen molar-refractivity contribution in [1.29, 1.82) is 0 Å². The second kappa shape index (κ2) is 8.14. The van der Waals surface area contributed by atoms with Crippen LogP contribution in [0.4, 0.5) is 11.4 Å². The summed E-state index contributed by atoms with van der Waals surface area (Å²) in [6.45, 7) is 7.88. The molecule has 1 aromatic heterocycles. The normalized spacial score (nSPS) is 20.5. The van der Waals surface area contributed by atoms with Crippen molar-refractivity contribution in [1.82, 2.24) is 15.3 Å². The van der Waals surface area contributed by atoms with E-state index >= 15 is 0 Å². The number of rotatable bonds is 2. The van der Waals surface area contributed by atoms with Crippen LogP contribution in [0.3, 0.4) is 0 Å². The molecule has 1 unspecified atom stereocenters. The van der Waals surface area contributed by atoms with Crippen molar-refractivity contribution in [3.63, 3.8) is 0 Å². The molecule has 7 heteroatoms. The molecule has 0 aliphatic carbocycles. The molecule has 6 nitrogen and oxygen atoms in total. The number of para-hydroxylation sites is 1. The van der Waals surface area contributed by atoms with E-state index in [0.717, 1.165) is 49.7 Å². The lowest BCUT2D eigenvalue weighted by Gasteiger charge is -2.42. The summed E-state index contributed by atoms with van der Waals surface area (Å²) >= 11 is 5.63. The van der Waals surface area contributed by atoms with Gasteiger partial charge in [-0.25, -0.2) is 0 Å². The van der Waals surface area contributed by atoms with Gasteiger partial charge in [-0.1, -0.05) is 18.2 Å². The molecule has 0 bridgehead atoms. The van der Waals surface area contributed by atoms with E-state index in [2.05, 4.69) is 74.8 Å². The van der Waals surface area contributed by atoms with Gasteiger partial charge >= 0.3 is 0 Å². The Hall–Kier alpha value is -2.67. The Kier molecular flexibility index (Phi) is 5.43. The first-order valence-electron chi connectivity index (χ1n) is 9.76. The van der Waals surface area contributed by atoms with Crippen molar-refractivity contribution in [3.8, 4) is 0 Å². The van der Waals surface area contributed by atoms with Gasteiger partial charge < -0.3 is 15.1 Å². The summed E-state index contributed by atoms with van der Waals surface area (Å²) in [5, 5.41) is 8.71. The molecule has 2 N–H and O–H groups in total. The second-order valence-corrected chi connectivity index (χ2v) is 7.71. The lowest BCUT2D eigenvalue weighted by atomic mass is 10.0. The minimum Gasteiger partial charge on any atom is -0.383 e. The number of fused-ring (bicyclic) bond motifs is 1. The predicted octanol–water partition coefficient (Wildman–Crippen LogP) is 2.99. The van der Waals surface area contributed by atoms with Gasteiger partial charge in [0.2, 0.25) is 0 Å². The Morgan fingerprint density at radius 3 is 2.86 bits per heavy atom. The summed E-state index contributed by atoms with van der Waals surface area (Å²) in [4.78, 5) is 9.15. The first-order valence-corrected chi connectivity index (χ1v) is 10.2. The maximum absolute atomic E-state index is 5.63. The Morgan fingerprint density at radius 2 is 2.07 bits per heavy atom. The van der Waals surface area contributed by atoms with Gasteiger partial charge in [0.05, 0.1) is 11.4 Å². The van der Waals surface area contributed by atoms with E-state index in [1.165, 1.54) is 11.3 Å². The van der Waals surface area contributed by atoms with Crippen LogP contribution in [0.2, 0.25) is 0 Å². The van der Waals surface area contributed by atoms with E-state index in [1.54, 1.807) is 0 Å². The maximum Gasteiger partial charge on any atom is 0.189 e. The van der Waals surface area contributed by atoms with Crippen LogP contribution in [0, 0.1) is 6.92 Å². The Bertz CT molecular complexity index is 882. The molecule has 0 amide bonds. The van der Waals surface area contributed by atoms with Crippen LogP contribution in [-0.4, -0.2) is 52.9 Å². The van der Waals surface area contributed by atoms with Gasteiger partial charge in [-0.05, 0) is 49.8 Å². The van der Waals surface area contributed by atoms with Gasteiger partial charge in [-0.2, -0.15) is 5.10 Å². The van der Waals surface area contributed by atoms with E-state index in [0.29, 0.717) is 11.2 Å². The first kappa shape index (κ1) is 18.7. The standard InChI is InChI=1S/C21H26N6S/c1-15-8-10-23-20-18(9-11-22-19(15)20)24-25-21(28)26-12-13-27(16(2)14-26)17-6-4-3-5-7-17/h3-8,10,16,22H,9,11-14H2,1-2H3,(H,25,28)/b24-18-. The van der Waals surface area contributed by atoms with Crippen molar-refractivity contribution in [2.45, 2.75) is 26.3 Å². The Morgan fingerprint density at radius 1 is 1.25 bits per heavy atom. The Balaban J connectivity index is 1.41. The number of hydrogen-bond donors (Lipinski definition) is 2. The third-order valence-corrected chi connectivity index (χ3v) is 5.73. The molecule has 1 atom stereocenters. The minimum absolute atomic E-state index is 0.382. The quantitative estimate of drug-likeness (QED) is 0.603. The number of hydrazone groups is 1. The molecule has 2 aromatic rings. The number of anilines is 2. The van der Waals surface area contributed by atoms with Crippen molar-refractivity contribution in [2.75, 3.05) is 36.4 Å². The molecule has 0 radical (unpaired) electrons. The molecule has 3 heterocycles. The summed E-state index contributed by atoms with van der Waals surface area (Å²) in [5.41, 5.74) is 8.52. The molecular weight excluding hydrogens is 368 g/mol. The number of pyridine rings is 1. The molecule has 2 aliphatic heterocycles. The smallest absolute Gasteiger partial charge is 0.189 e. The molecule has 146 valence electrons. The predicted molar refractivity (Wildman–Crippen MR) is 119 cm³/mol. The first-order chi connectivity index (χ1) is 13.6. The molecule has 1 aromatic carbocycles. The number of aryl methyl sites for hydroxylation is 1. The number of hydrogen-bond acceptors (Lipinski definition) is 5. The van der Waals surface area contributed by atoms with Crippen LogP contribution >= 0.6 is 12.2 Å². The second-order valence-electron chi connectivity index (χ2n) is 7.33. The number of piperazine rings is 1. The number of aromatic nitrogens is 1. The average Bonchev–Trinajstić information content (AvgIpc) is 2.73. The fourth-order valence-electron chi connectivity index (χ4n) is 3.86. The average molecular weight is 395 g/mol. The molecule has 2 aliphatic rings. The van der Waals surface area contributed by atoms with E-state index in [9.17, 15) is 0 Å². The van der Waals surface area contributed by atoms with E-state index in [1.807, 2.05) is 12.3 Å². The molecule has 0 saturated carbocycles. The monoisotopic (exact) mass is 394 g/mol. The minimum atomic E-state index is 0.382. The SMILES string of the molecule is Cc1ccnc2c1NCC/C2=N/NC(=S)N1CCN(c2ccccc2)C(C)C1. The van der Waals surface area contributed by atoms with Gasteiger partial charge in [-0.15, -0.1) is 0 Å². The van der Waals surface area contributed by atoms with Crippen LogP contribution in [0.15, 0.2) is 47.7 Å². The van der Waals surface area contributed by atoms with Crippen molar-refractivity contribution < 1.29 is 0 Å². The third-order valence-electron chi connectivity index (χ3n) is 5.39. The number of nitrogens with zero attached hydrogens (tertiary/aromatic N) is 4. The molecule has 1 saturated heterocycles. The zero-order valence-corrected chi connectivity index (χ0v) is 17.2. The zero-order valence-electron chi connectivity index (χ0n) is 16.4.